The summed E-state index contributed by atoms with van der Waals surface area (Å²) in [7, 11) is 0. The Morgan fingerprint density at radius 2 is 1.79 bits per heavy atom. The second kappa shape index (κ2) is 6.72. The number of amides is 1. The molecule has 7 nitrogen and oxygen atoms in total. The average molecular weight is 396 g/mol. The molecule has 142 valence electrons. The molecule has 28 heavy (non-hydrogen) atoms. The van der Waals surface area contributed by atoms with E-state index < -0.39 is 0 Å². The predicted molar refractivity (Wildman–Crippen MR) is 103 cm³/mol. The van der Waals surface area contributed by atoms with E-state index in [1.54, 1.807) is 6.08 Å². The molecule has 1 amide bonds. The van der Waals surface area contributed by atoms with Crippen LogP contribution < -0.4 is 23.7 Å². The minimum atomic E-state index is -0.233. The molecule has 3 aromatic rings. The minimum absolute atomic E-state index is 0.182. The van der Waals surface area contributed by atoms with E-state index >= 15 is 0 Å². The highest BCUT2D eigenvalue weighted by atomic mass is 32.1. The number of nitrogens with zero attached hydrogens (tertiary/aromatic N) is 2. The standard InChI is InChI=1S/C20H16N2O5S/c1-2-5-22-13-8-16-17(27-11-26-16)9-18(13)28-20(22)21-19(23)7-12-3-4-14-15(6-12)25-10-24-14/h2-4,6,8-9H,1,5,7,10-11H2. The van der Waals surface area contributed by atoms with Crippen molar-refractivity contribution >= 4 is 27.5 Å². The Balaban J connectivity index is 1.50. The van der Waals surface area contributed by atoms with Crippen LogP contribution in [-0.4, -0.2) is 24.1 Å². The lowest BCUT2D eigenvalue weighted by Crippen LogP contribution is -2.16. The first kappa shape index (κ1) is 16.9. The summed E-state index contributed by atoms with van der Waals surface area (Å²) in [5.74, 6) is 2.52. The summed E-state index contributed by atoms with van der Waals surface area (Å²) in [4.78, 5) is 17.6. The summed E-state index contributed by atoms with van der Waals surface area (Å²) >= 11 is 1.44. The molecule has 0 N–H and O–H groups in total. The molecule has 0 saturated carbocycles. The third kappa shape index (κ3) is 2.91. The van der Waals surface area contributed by atoms with E-state index in [4.69, 9.17) is 18.9 Å². The minimum Gasteiger partial charge on any atom is -0.454 e. The number of rotatable bonds is 4. The molecular formula is C20H16N2O5S. The SMILES string of the molecule is C=CCn1c(=NC(=O)Cc2ccc3c(c2)OCO3)sc2cc3c(cc21)OCO3. The van der Waals surface area contributed by atoms with Gasteiger partial charge >= 0.3 is 0 Å². The van der Waals surface area contributed by atoms with Crippen LogP contribution in [-0.2, 0) is 17.8 Å². The summed E-state index contributed by atoms with van der Waals surface area (Å²) in [6.07, 6.45) is 1.96. The Morgan fingerprint density at radius 1 is 1.07 bits per heavy atom. The molecule has 0 radical (unpaired) electrons. The zero-order valence-electron chi connectivity index (χ0n) is 14.8. The van der Waals surface area contributed by atoms with E-state index in [-0.39, 0.29) is 25.9 Å². The van der Waals surface area contributed by atoms with Gasteiger partial charge in [0.1, 0.15) is 0 Å². The fourth-order valence-corrected chi connectivity index (χ4v) is 4.29. The van der Waals surface area contributed by atoms with Gasteiger partial charge in [-0.1, -0.05) is 23.5 Å². The lowest BCUT2D eigenvalue weighted by atomic mass is 10.1. The highest BCUT2D eigenvalue weighted by Gasteiger charge is 2.18. The molecule has 0 atom stereocenters. The molecule has 0 bridgehead atoms. The number of benzene rings is 2. The van der Waals surface area contributed by atoms with Crippen LogP contribution in [0.2, 0.25) is 0 Å². The molecule has 8 heteroatoms. The number of thiazole rings is 1. The van der Waals surface area contributed by atoms with Crippen LogP contribution in [0.1, 0.15) is 5.56 Å². The van der Waals surface area contributed by atoms with Gasteiger partial charge in [-0.05, 0) is 17.7 Å². The van der Waals surface area contributed by atoms with E-state index in [1.165, 1.54) is 11.3 Å². The van der Waals surface area contributed by atoms with Gasteiger partial charge in [-0.15, -0.1) is 6.58 Å². The van der Waals surface area contributed by atoms with Crippen molar-refractivity contribution in [2.75, 3.05) is 13.6 Å². The van der Waals surface area contributed by atoms with Crippen LogP contribution in [0.4, 0.5) is 0 Å². The smallest absolute Gasteiger partial charge is 0.252 e. The van der Waals surface area contributed by atoms with Crippen molar-refractivity contribution < 1.29 is 23.7 Å². The average Bonchev–Trinajstić information content (AvgIpc) is 3.39. The molecular weight excluding hydrogens is 380 g/mol. The van der Waals surface area contributed by atoms with Crippen LogP contribution in [0, 0.1) is 0 Å². The van der Waals surface area contributed by atoms with Crippen LogP contribution >= 0.6 is 11.3 Å². The van der Waals surface area contributed by atoms with Gasteiger partial charge in [0.15, 0.2) is 27.8 Å². The summed E-state index contributed by atoms with van der Waals surface area (Å²) in [6, 6.07) is 9.31. The fraction of sp³-hybridized carbons (Fsp3) is 0.200. The number of ether oxygens (including phenoxy) is 4. The first-order chi connectivity index (χ1) is 13.7. The molecule has 3 heterocycles. The largest absolute Gasteiger partial charge is 0.454 e. The van der Waals surface area contributed by atoms with Crippen LogP contribution in [0.15, 0.2) is 48.0 Å². The van der Waals surface area contributed by atoms with Crippen molar-refractivity contribution in [2.24, 2.45) is 4.99 Å². The molecule has 5 rings (SSSR count). The van der Waals surface area contributed by atoms with Crippen molar-refractivity contribution in [3.63, 3.8) is 0 Å². The maximum Gasteiger partial charge on any atom is 0.252 e. The number of aromatic nitrogens is 1. The number of hydrogen-bond acceptors (Lipinski definition) is 6. The second-order valence-electron chi connectivity index (χ2n) is 6.33. The fourth-order valence-electron chi connectivity index (χ4n) is 3.22. The van der Waals surface area contributed by atoms with Crippen LogP contribution in [0.5, 0.6) is 23.0 Å². The van der Waals surface area contributed by atoms with E-state index in [1.807, 2.05) is 34.9 Å². The number of hydrogen-bond donors (Lipinski definition) is 0. The molecule has 2 aromatic carbocycles. The normalized spacial score (nSPS) is 14.6. The molecule has 0 spiro atoms. The van der Waals surface area contributed by atoms with Gasteiger partial charge in [-0.3, -0.25) is 4.79 Å². The lowest BCUT2D eigenvalue weighted by molar-refractivity contribution is -0.117. The van der Waals surface area contributed by atoms with Gasteiger partial charge in [0.25, 0.3) is 5.91 Å². The van der Waals surface area contributed by atoms with E-state index in [0.29, 0.717) is 34.3 Å². The van der Waals surface area contributed by atoms with Gasteiger partial charge in [0.05, 0.1) is 16.6 Å². The van der Waals surface area contributed by atoms with Gasteiger partial charge in [0.2, 0.25) is 13.6 Å². The molecule has 0 unspecified atom stereocenters. The third-order valence-electron chi connectivity index (χ3n) is 4.50. The highest BCUT2D eigenvalue weighted by Crippen LogP contribution is 2.37. The van der Waals surface area contributed by atoms with E-state index in [2.05, 4.69) is 11.6 Å². The van der Waals surface area contributed by atoms with Crippen molar-refractivity contribution in [2.45, 2.75) is 13.0 Å². The molecule has 0 saturated heterocycles. The zero-order chi connectivity index (χ0) is 19.1. The Bertz CT molecular complexity index is 1180. The third-order valence-corrected chi connectivity index (χ3v) is 5.54. The highest BCUT2D eigenvalue weighted by molar-refractivity contribution is 7.16. The Kier molecular flexibility index (Phi) is 4.05. The number of carbonyl (C=O) groups excluding carboxylic acids is 1. The van der Waals surface area contributed by atoms with Gasteiger partial charge in [-0.2, -0.15) is 4.99 Å². The van der Waals surface area contributed by atoms with Gasteiger partial charge in [0, 0.05) is 18.7 Å². The van der Waals surface area contributed by atoms with Gasteiger partial charge < -0.3 is 23.5 Å². The lowest BCUT2D eigenvalue weighted by Gasteiger charge is -2.02. The van der Waals surface area contributed by atoms with E-state index in [0.717, 1.165) is 15.8 Å². The maximum absolute atomic E-state index is 12.6. The van der Waals surface area contributed by atoms with E-state index in [9.17, 15) is 4.79 Å². The van der Waals surface area contributed by atoms with Crippen molar-refractivity contribution in [3.05, 3.63) is 53.4 Å². The summed E-state index contributed by atoms with van der Waals surface area (Å²) in [5, 5.41) is 0. The first-order valence-electron chi connectivity index (χ1n) is 8.71. The Hall–Kier alpha value is -3.26. The van der Waals surface area contributed by atoms with Crippen molar-refractivity contribution in [3.8, 4) is 23.0 Å². The van der Waals surface area contributed by atoms with Crippen molar-refractivity contribution in [1.29, 1.82) is 0 Å². The molecule has 2 aliphatic heterocycles. The Labute approximate surface area is 164 Å². The topological polar surface area (TPSA) is 71.3 Å². The van der Waals surface area contributed by atoms with Crippen LogP contribution in [0.25, 0.3) is 10.2 Å². The number of carbonyl (C=O) groups is 1. The monoisotopic (exact) mass is 396 g/mol. The molecule has 1 aromatic heterocycles. The predicted octanol–water partition coefficient (Wildman–Crippen LogP) is 3.02. The zero-order valence-corrected chi connectivity index (χ0v) is 15.7. The summed E-state index contributed by atoms with van der Waals surface area (Å²) in [5.41, 5.74) is 1.76. The first-order valence-corrected chi connectivity index (χ1v) is 9.53. The molecule has 0 aliphatic carbocycles. The molecule has 0 fully saturated rings. The summed E-state index contributed by atoms with van der Waals surface area (Å²) in [6.45, 7) is 4.78. The summed E-state index contributed by atoms with van der Waals surface area (Å²) < 4.78 is 24.5. The Morgan fingerprint density at radius 3 is 2.57 bits per heavy atom. The van der Waals surface area contributed by atoms with Gasteiger partial charge in [-0.25, -0.2) is 0 Å². The second-order valence-corrected chi connectivity index (χ2v) is 7.34. The maximum atomic E-state index is 12.6. The number of fused-ring (bicyclic) bond motifs is 3. The van der Waals surface area contributed by atoms with Crippen LogP contribution in [0.3, 0.4) is 0 Å². The number of allylic oxidation sites excluding steroid dienone is 1. The molecule has 2 aliphatic rings. The quantitative estimate of drug-likeness (QED) is 0.634. The van der Waals surface area contributed by atoms with Crippen molar-refractivity contribution in [1.82, 2.24) is 4.57 Å².